The summed E-state index contributed by atoms with van der Waals surface area (Å²) in [7, 11) is 1.32. The van der Waals surface area contributed by atoms with E-state index in [1.807, 2.05) is 35.2 Å². The van der Waals surface area contributed by atoms with E-state index in [4.69, 9.17) is 16.3 Å². The van der Waals surface area contributed by atoms with Crippen molar-refractivity contribution < 1.29 is 14.3 Å². The lowest BCUT2D eigenvalue weighted by molar-refractivity contribution is 0.0600. The molecule has 5 heteroatoms. The quantitative estimate of drug-likeness (QED) is 0.764. The molecule has 25 heavy (non-hydrogen) atoms. The molecule has 2 aromatic rings. The lowest BCUT2D eigenvalue weighted by Crippen LogP contribution is -2.35. The van der Waals surface area contributed by atoms with Crippen molar-refractivity contribution in [1.29, 1.82) is 0 Å². The van der Waals surface area contributed by atoms with E-state index in [0.717, 1.165) is 37.1 Å². The largest absolute Gasteiger partial charge is 0.465 e. The maximum Gasteiger partial charge on any atom is 0.339 e. The first-order valence-corrected chi connectivity index (χ1v) is 8.75. The van der Waals surface area contributed by atoms with Crippen LogP contribution < -0.4 is 0 Å². The average molecular weight is 358 g/mol. The number of amides is 1. The highest BCUT2D eigenvalue weighted by atomic mass is 35.5. The predicted octanol–water partition coefficient (Wildman–Crippen LogP) is 4.42. The van der Waals surface area contributed by atoms with E-state index in [-0.39, 0.29) is 5.91 Å². The summed E-state index contributed by atoms with van der Waals surface area (Å²) in [4.78, 5) is 26.0. The zero-order valence-corrected chi connectivity index (χ0v) is 14.9. The molecule has 0 N–H and O–H groups in total. The molecule has 0 atom stereocenters. The van der Waals surface area contributed by atoms with E-state index in [1.165, 1.54) is 13.5 Å². The molecule has 3 rings (SSSR count). The van der Waals surface area contributed by atoms with Crippen LogP contribution in [0.4, 0.5) is 0 Å². The van der Waals surface area contributed by atoms with E-state index in [2.05, 4.69) is 0 Å². The van der Waals surface area contributed by atoms with Crippen molar-refractivity contribution in [2.75, 3.05) is 20.2 Å². The molecule has 0 aromatic heterocycles. The molecule has 0 radical (unpaired) electrons. The van der Waals surface area contributed by atoms with Gasteiger partial charge >= 0.3 is 5.97 Å². The maximum atomic E-state index is 12.5. The van der Waals surface area contributed by atoms with E-state index in [1.54, 1.807) is 12.1 Å². The van der Waals surface area contributed by atoms with Crippen LogP contribution in [0.2, 0.25) is 5.02 Å². The molecule has 1 fully saturated rings. The lowest BCUT2D eigenvalue weighted by Gasteiger charge is -2.26. The molecule has 1 saturated heterocycles. The van der Waals surface area contributed by atoms with Gasteiger partial charge in [0.05, 0.1) is 17.7 Å². The minimum atomic E-state index is -0.459. The number of ether oxygens (including phenoxy) is 1. The Morgan fingerprint density at radius 1 is 0.960 bits per heavy atom. The molecule has 0 saturated carbocycles. The smallest absolute Gasteiger partial charge is 0.339 e. The van der Waals surface area contributed by atoms with Gasteiger partial charge in [0.25, 0.3) is 5.91 Å². The van der Waals surface area contributed by atoms with Gasteiger partial charge < -0.3 is 9.64 Å². The molecule has 1 aliphatic rings. The van der Waals surface area contributed by atoms with Crippen molar-refractivity contribution in [3.63, 3.8) is 0 Å². The standard InChI is InChI=1S/C20H20ClNO3/c1-25-20(24)17-10-9-16(13-18(17)21)14-5-7-15(8-6-14)19(23)22-11-3-2-4-12-22/h5-10,13H,2-4,11-12H2,1H3. The van der Waals surface area contributed by atoms with Crippen molar-refractivity contribution in [2.24, 2.45) is 0 Å². The Balaban J connectivity index is 1.79. The number of benzene rings is 2. The maximum absolute atomic E-state index is 12.5. The molecule has 0 unspecified atom stereocenters. The summed E-state index contributed by atoms with van der Waals surface area (Å²) in [5.41, 5.74) is 2.86. The van der Waals surface area contributed by atoms with Gasteiger partial charge in [-0.25, -0.2) is 4.79 Å². The molecular weight excluding hydrogens is 338 g/mol. The Morgan fingerprint density at radius 3 is 2.20 bits per heavy atom. The fourth-order valence-corrected chi connectivity index (χ4v) is 3.31. The zero-order valence-electron chi connectivity index (χ0n) is 14.1. The van der Waals surface area contributed by atoms with Gasteiger partial charge in [-0.3, -0.25) is 4.79 Å². The van der Waals surface area contributed by atoms with Crippen LogP contribution >= 0.6 is 11.6 Å². The Morgan fingerprint density at radius 2 is 1.60 bits per heavy atom. The third-order valence-electron chi connectivity index (χ3n) is 4.48. The molecular formula is C20H20ClNO3. The van der Waals surface area contributed by atoms with Crippen LogP contribution in [-0.4, -0.2) is 37.0 Å². The van der Waals surface area contributed by atoms with Crippen molar-refractivity contribution in [3.8, 4) is 11.1 Å². The topological polar surface area (TPSA) is 46.6 Å². The second kappa shape index (κ2) is 7.70. The summed E-state index contributed by atoms with van der Waals surface area (Å²) in [5.74, 6) is -0.371. The van der Waals surface area contributed by atoms with E-state index in [9.17, 15) is 9.59 Å². The first-order valence-electron chi connectivity index (χ1n) is 8.38. The SMILES string of the molecule is COC(=O)c1ccc(-c2ccc(C(=O)N3CCCCC3)cc2)cc1Cl. The lowest BCUT2D eigenvalue weighted by atomic mass is 10.0. The van der Waals surface area contributed by atoms with E-state index < -0.39 is 5.97 Å². The molecule has 1 aliphatic heterocycles. The average Bonchev–Trinajstić information content (AvgIpc) is 2.67. The number of methoxy groups -OCH3 is 1. The fourth-order valence-electron chi connectivity index (χ4n) is 3.05. The minimum absolute atomic E-state index is 0.0883. The Bertz CT molecular complexity index is 780. The number of esters is 1. The van der Waals surface area contributed by atoms with Crippen LogP contribution in [0, 0.1) is 0 Å². The Kier molecular flexibility index (Phi) is 5.39. The van der Waals surface area contributed by atoms with Gasteiger partial charge in [0.1, 0.15) is 0 Å². The number of carbonyl (C=O) groups is 2. The summed E-state index contributed by atoms with van der Waals surface area (Å²) in [5, 5.41) is 0.345. The van der Waals surface area contributed by atoms with Gasteiger partial charge in [-0.05, 0) is 54.7 Å². The van der Waals surface area contributed by atoms with Gasteiger partial charge in [-0.1, -0.05) is 29.8 Å². The Labute approximate surface area is 152 Å². The molecule has 0 spiro atoms. The second-order valence-corrected chi connectivity index (χ2v) is 6.52. The van der Waals surface area contributed by atoms with Crippen molar-refractivity contribution >= 4 is 23.5 Å². The number of hydrogen-bond acceptors (Lipinski definition) is 3. The van der Waals surface area contributed by atoms with Crippen molar-refractivity contribution in [3.05, 3.63) is 58.6 Å². The molecule has 0 bridgehead atoms. The van der Waals surface area contributed by atoms with Crippen LogP contribution in [0.5, 0.6) is 0 Å². The molecule has 4 nitrogen and oxygen atoms in total. The van der Waals surface area contributed by atoms with Crippen LogP contribution in [0.1, 0.15) is 40.0 Å². The normalized spacial score (nSPS) is 14.2. The number of nitrogens with zero attached hydrogens (tertiary/aromatic N) is 1. The van der Waals surface area contributed by atoms with E-state index >= 15 is 0 Å². The van der Waals surface area contributed by atoms with Crippen LogP contribution in [-0.2, 0) is 4.74 Å². The van der Waals surface area contributed by atoms with Gasteiger partial charge in [0, 0.05) is 18.7 Å². The fraction of sp³-hybridized carbons (Fsp3) is 0.300. The number of hydrogen-bond donors (Lipinski definition) is 0. The van der Waals surface area contributed by atoms with Gasteiger partial charge in [0.15, 0.2) is 0 Å². The van der Waals surface area contributed by atoms with Crippen LogP contribution in [0.15, 0.2) is 42.5 Å². The molecule has 1 heterocycles. The predicted molar refractivity (Wildman–Crippen MR) is 98.0 cm³/mol. The highest BCUT2D eigenvalue weighted by Gasteiger charge is 2.18. The summed E-state index contributed by atoms with van der Waals surface area (Å²) < 4.78 is 4.70. The van der Waals surface area contributed by atoms with Crippen LogP contribution in [0.25, 0.3) is 11.1 Å². The Hall–Kier alpha value is -2.33. The number of carbonyl (C=O) groups excluding carboxylic acids is 2. The molecule has 0 aliphatic carbocycles. The number of rotatable bonds is 3. The third-order valence-corrected chi connectivity index (χ3v) is 4.80. The molecule has 130 valence electrons. The highest BCUT2D eigenvalue weighted by Crippen LogP contribution is 2.27. The zero-order chi connectivity index (χ0) is 17.8. The highest BCUT2D eigenvalue weighted by molar-refractivity contribution is 6.33. The minimum Gasteiger partial charge on any atom is -0.465 e. The van der Waals surface area contributed by atoms with Crippen LogP contribution in [0.3, 0.4) is 0 Å². The summed E-state index contributed by atoms with van der Waals surface area (Å²) in [6.07, 6.45) is 3.36. The van der Waals surface area contributed by atoms with Gasteiger partial charge in [0.2, 0.25) is 0 Å². The van der Waals surface area contributed by atoms with Crippen molar-refractivity contribution in [2.45, 2.75) is 19.3 Å². The van der Waals surface area contributed by atoms with Crippen molar-refractivity contribution in [1.82, 2.24) is 4.90 Å². The van der Waals surface area contributed by atoms with Gasteiger partial charge in [-0.2, -0.15) is 0 Å². The van der Waals surface area contributed by atoms with Gasteiger partial charge in [-0.15, -0.1) is 0 Å². The first-order chi connectivity index (χ1) is 12.1. The monoisotopic (exact) mass is 357 g/mol. The first kappa shape index (κ1) is 17.5. The van der Waals surface area contributed by atoms with E-state index in [0.29, 0.717) is 16.1 Å². The number of piperidine rings is 1. The number of likely N-dealkylation sites (tertiary alicyclic amines) is 1. The third kappa shape index (κ3) is 3.85. The summed E-state index contributed by atoms with van der Waals surface area (Å²) in [6, 6.07) is 12.7. The number of halogens is 1. The second-order valence-electron chi connectivity index (χ2n) is 6.12. The molecule has 1 amide bonds. The summed E-state index contributed by atoms with van der Waals surface area (Å²) >= 11 is 6.17. The summed E-state index contributed by atoms with van der Waals surface area (Å²) in [6.45, 7) is 1.68. The molecule has 2 aromatic carbocycles.